The summed E-state index contributed by atoms with van der Waals surface area (Å²) < 4.78 is 1.40. The molecule has 0 saturated carbocycles. The first-order chi connectivity index (χ1) is 16.9. The smallest absolute Gasteiger partial charge is 0.307 e. The first kappa shape index (κ1) is 23.7. The van der Waals surface area contributed by atoms with E-state index in [1.54, 1.807) is 54.6 Å². The summed E-state index contributed by atoms with van der Waals surface area (Å²) in [4.78, 5) is 42.7. The van der Waals surface area contributed by atoms with E-state index in [4.69, 9.17) is 5.26 Å². The standard InChI is InChI=1S/C26H21N5O3S/c1-16-6-5-9-21(17(16)2)28-25(34)30-23(32)15-35-26-29-22-8-4-3-7-20(22)24(33)31(26)19-12-10-18(14-27)11-13-19/h3-13H,15H2,1-2H3,(H2,28,30,32,34). The number of carbonyl (C=O) groups is 2. The molecule has 4 rings (SSSR count). The number of urea groups is 1. The molecule has 3 aromatic carbocycles. The van der Waals surface area contributed by atoms with E-state index in [2.05, 4.69) is 15.6 Å². The molecule has 1 heterocycles. The second-order valence-electron chi connectivity index (χ2n) is 7.75. The van der Waals surface area contributed by atoms with Gasteiger partial charge in [-0.25, -0.2) is 9.78 Å². The fraction of sp³-hybridized carbons (Fsp3) is 0.115. The van der Waals surface area contributed by atoms with Gasteiger partial charge < -0.3 is 5.32 Å². The third-order valence-corrected chi connectivity index (χ3v) is 6.38. The summed E-state index contributed by atoms with van der Waals surface area (Å²) in [7, 11) is 0. The van der Waals surface area contributed by atoms with Crippen molar-refractivity contribution in [1.82, 2.24) is 14.9 Å². The van der Waals surface area contributed by atoms with E-state index in [0.717, 1.165) is 22.9 Å². The maximum absolute atomic E-state index is 13.3. The number of rotatable bonds is 5. The number of hydrogen-bond donors (Lipinski definition) is 2. The van der Waals surface area contributed by atoms with Gasteiger partial charge in [-0.2, -0.15) is 5.26 Å². The largest absolute Gasteiger partial charge is 0.325 e. The Kier molecular flexibility index (Phi) is 6.94. The zero-order valence-corrected chi connectivity index (χ0v) is 19.8. The van der Waals surface area contributed by atoms with E-state index >= 15 is 0 Å². The molecule has 35 heavy (non-hydrogen) atoms. The Balaban J connectivity index is 1.55. The fourth-order valence-electron chi connectivity index (χ4n) is 3.45. The van der Waals surface area contributed by atoms with Crippen LogP contribution in [0.15, 0.2) is 76.7 Å². The summed E-state index contributed by atoms with van der Waals surface area (Å²) in [6.07, 6.45) is 0. The van der Waals surface area contributed by atoms with Gasteiger partial charge in [0.2, 0.25) is 5.91 Å². The van der Waals surface area contributed by atoms with Gasteiger partial charge in [-0.05, 0) is 67.4 Å². The summed E-state index contributed by atoms with van der Waals surface area (Å²) in [6, 6.07) is 20.4. The maximum Gasteiger partial charge on any atom is 0.325 e. The van der Waals surface area contributed by atoms with Crippen LogP contribution in [0.25, 0.3) is 16.6 Å². The topological polar surface area (TPSA) is 117 Å². The van der Waals surface area contributed by atoms with Crippen LogP contribution in [0.5, 0.6) is 0 Å². The Morgan fingerprint density at radius 1 is 1.03 bits per heavy atom. The van der Waals surface area contributed by atoms with E-state index in [-0.39, 0.29) is 11.3 Å². The Morgan fingerprint density at radius 2 is 1.77 bits per heavy atom. The van der Waals surface area contributed by atoms with Crippen LogP contribution in [-0.4, -0.2) is 27.2 Å². The first-order valence-electron chi connectivity index (χ1n) is 10.7. The minimum Gasteiger partial charge on any atom is -0.307 e. The molecule has 0 radical (unpaired) electrons. The fourth-order valence-corrected chi connectivity index (χ4v) is 4.27. The second-order valence-corrected chi connectivity index (χ2v) is 8.69. The average Bonchev–Trinajstić information content (AvgIpc) is 2.86. The Labute approximate surface area is 205 Å². The van der Waals surface area contributed by atoms with Gasteiger partial charge in [-0.1, -0.05) is 36.0 Å². The van der Waals surface area contributed by atoms with Crippen molar-refractivity contribution in [3.63, 3.8) is 0 Å². The highest BCUT2D eigenvalue weighted by molar-refractivity contribution is 7.99. The normalized spacial score (nSPS) is 10.5. The molecular weight excluding hydrogens is 462 g/mol. The summed E-state index contributed by atoms with van der Waals surface area (Å²) in [6.45, 7) is 3.82. The number of hydrogen-bond acceptors (Lipinski definition) is 6. The number of nitrogens with zero attached hydrogens (tertiary/aromatic N) is 3. The molecule has 0 atom stereocenters. The summed E-state index contributed by atoms with van der Waals surface area (Å²) in [5.74, 6) is -0.673. The minimum atomic E-state index is -0.639. The minimum absolute atomic E-state index is 0.138. The van der Waals surface area contributed by atoms with Crippen LogP contribution in [0.4, 0.5) is 10.5 Å². The zero-order chi connectivity index (χ0) is 24.9. The maximum atomic E-state index is 13.3. The summed E-state index contributed by atoms with van der Waals surface area (Å²) >= 11 is 1.04. The number of nitrogens with one attached hydrogen (secondary N) is 2. The van der Waals surface area contributed by atoms with Crippen LogP contribution in [0, 0.1) is 25.2 Å². The number of amides is 3. The van der Waals surface area contributed by atoms with Gasteiger partial charge >= 0.3 is 6.03 Å². The number of imide groups is 1. The second kappa shape index (κ2) is 10.2. The van der Waals surface area contributed by atoms with Crippen LogP contribution in [0.2, 0.25) is 0 Å². The van der Waals surface area contributed by atoms with Crippen LogP contribution in [0.1, 0.15) is 16.7 Å². The van der Waals surface area contributed by atoms with E-state index in [1.807, 2.05) is 32.0 Å². The van der Waals surface area contributed by atoms with Crippen molar-refractivity contribution in [3.05, 3.63) is 93.8 Å². The molecule has 0 aliphatic rings. The summed E-state index contributed by atoms with van der Waals surface area (Å²) in [5, 5.41) is 14.8. The van der Waals surface area contributed by atoms with Crippen LogP contribution >= 0.6 is 11.8 Å². The highest BCUT2D eigenvalue weighted by Gasteiger charge is 2.16. The molecular formula is C26H21N5O3S. The Bertz CT molecular complexity index is 1540. The van der Waals surface area contributed by atoms with Gasteiger partial charge in [0.1, 0.15) is 0 Å². The van der Waals surface area contributed by atoms with Crippen molar-refractivity contribution < 1.29 is 9.59 Å². The lowest BCUT2D eigenvalue weighted by molar-refractivity contribution is -0.117. The van der Waals surface area contributed by atoms with Gasteiger partial charge in [0.25, 0.3) is 5.56 Å². The highest BCUT2D eigenvalue weighted by atomic mass is 32.2. The van der Waals surface area contributed by atoms with E-state index in [9.17, 15) is 14.4 Å². The van der Waals surface area contributed by atoms with Gasteiger partial charge in [0.15, 0.2) is 5.16 Å². The number of nitriles is 1. The average molecular weight is 484 g/mol. The van der Waals surface area contributed by atoms with Crippen molar-refractivity contribution in [2.75, 3.05) is 11.1 Å². The van der Waals surface area contributed by atoms with Crippen LogP contribution in [0.3, 0.4) is 0 Å². The first-order valence-corrected chi connectivity index (χ1v) is 11.7. The van der Waals surface area contributed by atoms with Gasteiger partial charge in [0, 0.05) is 5.69 Å². The van der Waals surface area contributed by atoms with Gasteiger partial charge in [0.05, 0.1) is 34.0 Å². The monoisotopic (exact) mass is 483 g/mol. The molecule has 174 valence electrons. The Morgan fingerprint density at radius 3 is 2.51 bits per heavy atom. The van der Waals surface area contributed by atoms with Crippen molar-refractivity contribution >= 4 is 40.3 Å². The Hall–Kier alpha value is -4.42. The molecule has 9 heteroatoms. The SMILES string of the molecule is Cc1cccc(NC(=O)NC(=O)CSc2nc3ccccc3c(=O)n2-c2ccc(C#N)cc2)c1C. The molecule has 4 aromatic rings. The lowest BCUT2D eigenvalue weighted by Crippen LogP contribution is -2.35. The zero-order valence-electron chi connectivity index (χ0n) is 19.0. The molecule has 0 spiro atoms. The number of carbonyl (C=O) groups excluding carboxylic acids is 2. The number of aryl methyl sites for hydroxylation is 1. The predicted molar refractivity (Wildman–Crippen MR) is 136 cm³/mol. The molecule has 0 bridgehead atoms. The highest BCUT2D eigenvalue weighted by Crippen LogP contribution is 2.22. The lowest BCUT2D eigenvalue weighted by Gasteiger charge is -2.13. The van der Waals surface area contributed by atoms with Crippen LogP contribution < -0.4 is 16.2 Å². The number of benzene rings is 3. The number of anilines is 1. The molecule has 1 aromatic heterocycles. The quantitative estimate of drug-likeness (QED) is 0.323. The number of thioether (sulfide) groups is 1. The van der Waals surface area contributed by atoms with Crippen LogP contribution in [-0.2, 0) is 4.79 Å². The van der Waals surface area contributed by atoms with E-state index in [0.29, 0.717) is 33.0 Å². The van der Waals surface area contributed by atoms with Gasteiger partial charge in [-0.3, -0.25) is 19.5 Å². The molecule has 0 aliphatic heterocycles. The van der Waals surface area contributed by atoms with Gasteiger partial charge in [-0.15, -0.1) is 0 Å². The lowest BCUT2D eigenvalue weighted by atomic mass is 10.1. The molecule has 0 saturated heterocycles. The molecule has 2 N–H and O–H groups in total. The van der Waals surface area contributed by atoms with Crippen molar-refractivity contribution in [2.45, 2.75) is 19.0 Å². The predicted octanol–water partition coefficient (Wildman–Crippen LogP) is 4.31. The van der Waals surface area contributed by atoms with Crippen molar-refractivity contribution in [2.24, 2.45) is 0 Å². The van der Waals surface area contributed by atoms with E-state index in [1.165, 1.54) is 4.57 Å². The molecule has 0 unspecified atom stereocenters. The number of fused-ring (bicyclic) bond motifs is 1. The third-order valence-electron chi connectivity index (χ3n) is 5.44. The molecule has 0 aliphatic carbocycles. The molecule has 3 amide bonds. The van der Waals surface area contributed by atoms with E-state index < -0.39 is 11.9 Å². The molecule has 8 nitrogen and oxygen atoms in total. The summed E-state index contributed by atoms with van der Waals surface area (Å²) in [5.41, 5.74) is 3.73. The van der Waals surface area contributed by atoms with Crippen molar-refractivity contribution in [3.8, 4) is 11.8 Å². The number of para-hydroxylation sites is 1. The van der Waals surface area contributed by atoms with Crippen molar-refractivity contribution in [1.29, 1.82) is 5.26 Å². The third kappa shape index (κ3) is 5.23. The molecule has 0 fully saturated rings. The number of aromatic nitrogens is 2.